The van der Waals surface area contributed by atoms with Crippen LogP contribution in [0, 0.1) is 0 Å². The largest absolute Gasteiger partial charge is 0.395 e. The first kappa shape index (κ1) is 15.3. The van der Waals surface area contributed by atoms with E-state index in [1.807, 2.05) is 4.90 Å². The number of hydrogen-bond donors (Lipinski definition) is 3. The van der Waals surface area contributed by atoms with Gasteiger partial charge in [0.15, 0.2) is 0 Å². The molecule has 2 fully saturated rings. The lowest BCUT2D eigenvalue weighted by molar-refractivity contribution is -0.121. The van der Waals surface area contributed by atoms with Crippen LogP contribution in [-0.4, -0.2) is 53.7 Å². The number of carbonyl (C=O) groups is 2. The van der Waals surface area contributed by atoms with Gasteiger partial charge in [-0.2, -0.15) is 0 Å². The zero-order chi connectivity index (χ0) is 14.4. The highest BCUT2D eigenvalue weighted by molar-refractivity contribution is 5.95. The van der Waals surface area contributed by atoms with E-state index in [9.17, 15) is 14.7 Å². The molecule has 1 aliphatic heterocycles. The fourth-order valence-corrected chi connectivity index (χ4v) is 3.13. The highest BCUT2D eigenvalue weighted by atomic mass is 16.3. The number of carbonyl (C=O) groups excluding carboxylic acids is 2. The average Bonchev–Trinajstić information content (AvgIpc) is 2.86. The summed E-state index contributed by atoms with van der Waals surface area (Å²) in [5, 5.41) is 14.4. The molecule has 6 nitrogen and oxygen atoms in total. The molecule has 0 spiro atoms. The number of aliphatic hydroxyl groups is 1. The summed E-state index contributed by atoms with van der Waals surface area (Å²) in [6.07, 6.45) is 7.43. The number of nitrogens with zero attached hydrogens (tertiary/aromatic N) is 1. The minimum Gasteiger partial charge on any atom is -0.395 e. The van der Waals surface area contributed by atoms with Crippen molar-refractivity contribution in [2.24, 2.45) is 0 Å². The van der Waals surface area contributed by atoms with Crippen LogP contribution in [0.5, 0.6) is 0 Å². The smallest absolute Gasteiger partial charge is 0.321 e. The van der Waals surface area contributed by atoms with Crippen LogP contribution in [0.3, 0.4) is 0 Å². The summed E-state index contributed by atoms with van der Waals surface area (Å²) in [7, 11) is 0. The molecule has 1 unspecified atom stereocenters. The van der Waals surface area contributed by atoms with E-state index in [1.165, 1.54) is 6.42 Å². The molecule has 2 aliphatic rings. The summed E-state index contributed by atoms with van der Waals surface area (Å²) in [5.41, 5.74) is 0. The van der Waals surface area contributed by atoms with Crippen LogP contribution >= 0.6 is 0 Å². The van der Waals surface area contributed by atoms with Crippen molar-refractivity contribution in [2.45, 2.75) is 57.0 Å². The first-order valence-corrected chi connectivity index (χ1v) is 7.64. The second-order valence-electron chi connectivity index (χ2n) is 5.81. The first-order chi connectivity index (χ1) is 9.69. The molecule has 0 aromatic carbocycles. The number of likely N-dealkylation sites (tertiary alicyclic amines) is 1. The molecule has 1 atom stereocenters. The molecule has 0 aromatic rings. The van der Waals surface area contributed by atoms with E-state index in [0.29, 0.717) is 0 Å². The third-order valence-corrected chi connectivity index (χ3v) is 4.25. The Hall–Kier alpha value is -1.14. The highest BCUT2D eigenvalue weighted by Crippen LogP contribution is 2.17. The van der Waals surface area contributed by atoms with Crippen LogP contribution in [0.2, 0.25) is 0 Å². The maximum absolute atomic E-state index is 11.8. The Labute approximate surface area is 119 Å². The molecule has 3 N–H and O–H groups in total. The molecule has 0 aromatic heterocycles. The molecular formula is C14H25N3O3. The second kappa shape index (κ2) is 7.59. The highest BCUT2D eigenvalue weighted by Gasteiger charge is 2.26. The minimum atomic E-state index is -0.387. The van der Waals surface area contributed by atoms with Gasteiger partial charge < -0.3 is 10.4 Å². The van der Waals surface area contributed by atoms with Gasteiger partial charge in [0, 0.05) is 12.1 Å². The van der Waals surface area contributed by atoms with Crippen LogP contribution in [0.4, 0.5) is 4.79 Å². The van der Waals surface area contributed by atoms with Gasteiger partial charge in [-0.3, -0.25) is 15.0 Å². The van der Waals surface area contributed by atoms with Crippen LogP contribution in [0.1, 0.15) is 44.9 Å². The van der Waals surface area contributed by atoms with Gasteiger partial charge in [0.25, 0.3) is 0 Å². The predicted octanol–water partition coefficient (Wildman–Crippen LogP) is 0.602. The summed E-state index contributed by atoms with van der Waals surface area (Å²) in [6, 6.07) is -0.127. The lowest BCUT2D eigenvalue weighted by Crippen LogP contribution is -2.48. The van der Waals surface area contributed by atoms with E-state index in [2.05, 4.69) is 10.6 Å². The zero-order valence-corrected chi connectivity index (χ0v) is 11.9. The van der Waals surface area contributed by atoms with Gasteiger partial charge in [0.1, 0.15) is 0 Å². The van der Waals surface area contributed by atoms with Gasteiger partial charge in [-0.1, -0.05) is 19.3 Å². The SMILES string of the molecule is O=C(CN1CCCC1CO)NC(=O)NC1CCCCC1. The average molecular weight is 283 g/mol. The van der Waals surface area contributed by atoms with Crippen molar-refractivity contribution in [3.63, 3.8) is 0 Å². The van der Waals surface area contributed by atoms with Crippen molar-refractivity contribution in [1.82, 2.24) is 15.5 Å². The third-order valence-electron chi connectivity index (χ3n) is 4.25. The summed E-state index contributed by atoms with van der Waals surface area (Å²) in [4.78, 5) is 25.5. The van der Waals surface area contributed by atoms with Crippen molar-refractivity contribution in [3.8, 4) is 0 Å². The predicted molar refractivity (Wildman–Crippen MR) is 75.2 cm³/mol. The first-order valence-electron chi connectivity index (χ1n) is 7.64. The Bertz CT molecular complexity index is 343. The van der Waals surface area contributed by atoms with Crippen molar-refractivity contribution in [3.05, 3.63) is 0 Å². The van der Waals surface area contributed by atoms with E-state index >= 15 is 0 Å². The number of nitrogens with one attached hydrogen (secondary N) is 2. The molecule has 1 saturated carbocycles. The van der Waals surface area contributed by atoms with E-state index < -0.39 is 0 Å². The number of hydrogen-bond acceptors (Lipinski definition) is 4. The van der Waals surface area contributed by atoms with Crippen LogP contribution in [-0.2, 0) is 4.79 Å². The maximum Gasteiger partial charge on any atom is 0.321 e. The molecule has 0 bridgehead atoms. The molecule has 1 heterocycles. The van der Waals surface area contributed by atoms with Gasteiger partial charge in [-0.15, -0.1) is 0 Å². The summed E-state index contributed by atoms with van der Waals surface area (Å²) >= 11 is 0. The van der Waals surface area contributed by atoms with Crippen LogP contribution < -0.4 is 10.6 Å². The third kappa shape index (κ3) is 4.45. The Kier molecular flexibility index (Phi) is 5.79. The second-order valence-corrected chi connectivity index (χ2v) is 5.81. The van der Waals surface area contributed by atoms with Gasteiger partial charge in [0.2, 0.25) is 5.91 Å². The summed E-state index contributed by atoms with van der Waals surface area (Å²) < 4.78 is 0. The molecule has 20 heavy (non-hydrogen) atoms. The van der Waals surface area contributed by atoms with Crippen molar-refractivity contribution in [1.29, 1.82) is 0 Å². The fourth-order valence-electron chi connectivity index (χ4n) is 3.13. The van der Waals surface area contributed by atoms with Crippen LogP contribution in [0.15, 0.2) is 0 Å². The Balaban J connectivity index is 1.69. The molecule has 6 heteroatoms. The van der Waals surface area contributed by atoms with E-state index in [1.54, 1.807) is 0 Å². The van der Waals surface area contributed by atoms with Crippen molar-refractivity contribution in [2.75, 3.05) is 19.7 Å². The van der Waals surface area contributed by atoms with Crippen molar-refractivity contribution >= 4 is 11.9 Å². The standard InChI is InChI=1S/C14H25N3O3/c18-10-12-7-4-8-17(12)9-13(19)16-14(20)15-11-5-2-1-3-6-11/h11-12,18H,1-10H2,(H2,15,16,19,20). The van der Waals surface area contributed by atoms with E-state index in [0.717, 1.165) is 45.1 Å². The molecule has 1 saturated heterocycles. The number of aliphatic hydroxyl groups excluding tert-OH is 1. The summed E-state index contributed by atoms with van der Waals surface area (Å²) in [5.74, 6) is -0.293. The Morgan fingerprint density at radius 3 is 2.55 bits per heavy atom. The molecule has 0 radical (unpaired) electrons. The fraction of sp³-hybridized carbons (Fsp3) is 0.857. The monoisotopic (exact) mass is 283 g/mol. The maximum atomic E-state index is 11.8. The Morgan fingerprint density at radius 1 is 1.10 bits per heavy atom. The minimum absolute atomic E-state index is 0.0576. The number of rotatable bonds is 4. The topological polar surface area (TPSA) is 81.7 Å². The van der Waals surface area contributed by atoms with Gasteiger partial charge in [0.05, 0.1) is 13.2 Å². The molecule has 3 amide bonds. The number of imide groups is 1. The lowest BCUT2D eigenvalue weighted by atomic mass is 9.96. The Morgan fingerprint density at radius 2 is 1.85 bits per heavy atom. The molecule has 114 valence electrons. The zero-order valence-electron chi connectivity index (χ0n) is 11.9. The quantitative estimate of drug-likeness (QED) is 0.706. The van der Waals surface area contributed by atoms with Gasteiger partial charge in [-0.25, -0.2) is 4.79 Å². The van der Waals surface area contributed by atoms with Crippen LogP contribution in [0.25, 0.3) is 0 Å². The van der Waals surface area contributed by atoms with E-state index in [4.69, 9.17) is 0 Å². The summed E-state index contributed by atoms with van der Waals surface area (Å²) in [6.45, 7) is 1.06. The number of amides is 3. The molecule has 2 rings (SSSR count). The van der Waals surface area contributed by atoms with Gasteiger partial charge >= 0.3 is 6.03 Å². The van der Waals surface area contributed by atoms with Crippen molar-refractivity contribution < 1.29 is 14.7 Å². The van der Waals surface area contributed by atoms with Gasteiger partial charge in [-0.05, 0) is 32.2 Å². The molecule has 1 aliphatic carbocycles. The normalized spacial score (nSPS) is 24.6. The molecular weight excluding hydrogens is 258 g/mol. The number of urea groups is 1. The lowest BCUT2D eigenvalue weighted by Gasteiger charge is -2.24. The van der Waals surface area contributed by atoms with E-state index in [-0.39, 0.29) is 37.2 Å².